The van der Waals surface area contributed by atoms with Crippen LogP contribution in [0, 0.1) is 0 Å². The molecule has 2 aromatic rings. The highest BCUT2D eigenvalue weighted by Gasteiger charge is 2.14. The first-order chi connectivity index (χ1) is 8.81. The zero-order valence-corrected chi connectivity index (χ0v) is 11.7. The Balaban J connectivity index is 1.87. The number of hydrogen-bond acceptors (Lipinski definition) is 3. The average Bonchev–Trinajstić information content (AvgIpc) is 2.82. The van der Waals surface area contributed by atoms with E-state index in [0.717, 1.165) is 29.2 Å². The Morgan fingerprint density at radius 2 is 2.00 bits per heavy atom. The molecule has 2 nitrogen and oxygen atoms in total. The predicted octanol–water partition coefficient (Wildman–Crippen LogP) is 3.93. The highest BCUT2D eigenvalue weighted by Crippen LogP contribution is 2.31. The monoisotopic (exact) mass is 280 g/mol. The van der Waals surface area contributed by atoms with Crippen LogP contribution in [0.25, 0.3) is 0 Å². The first kappa shape index (κ1) is 13.6. The van der Waals surface area contributed by atoms with Gasteiger partial charge in [0, 0.05) is 4.88 Å². The van der Waals surface area contributed by atoms with Crippen LogP contribution in [0.5, 0.6) is 0 Å². The van der Waals surface area contributed by atoms with E-state index in [-0.39, 0.29) is 6.04 Å². The zero-order chi connectivity index (χ0) is 12.8. The van der Waals surface area contributed by atoms with Crippen LogP contribution in [0.4, 0.5) is 0 Å². The SMILES string of the molecule is NNC(CCCc1ccccc1)c1sccc1Cl. The summed E-state index contributed by atoms with van der Waals surface area (Å²) < 4.78 is 0. The maximum atomic E-state index is 6.12. The van der Waals surface area contributed by atoms with Gasteiger partial charge < -0.3 is 0 Å². The molecule has 1 unspecified atom stereocenters. The lowest BCUT2D eigenvalue weighted by Crippen LogP contribution is -2.27. The Labute approximate surface area is 117 Å². The smallest absolute Gasteiger partial charge is 0.0568 e. The molecule has 0 spiro atoms. The van der Waals surface area contributed by atoms with Crippen molar-refractivity contribution >= 4 is 22.9 Å². The van der Waals surface area contributed by atoms with E-state index in [1.165, 1.54) is 5.56 Å². The van der Waals surface area contributed by atoms with Gasteiger partial charge in [-0.15, -0.1) is 11.3 Å². The molecule has 18 heavy (non-hydrogen) atoms. The lowest BCUT2D eigenvalue weighted by Gasteiger charge is -2.14. The van der Waals surface area contributed by atoms with Crippen molar-refractivity contribution in [2.24, 2.45) is 5.84 Å². The number of aryl methyl sites for hydroxylation is 1. The van der Waals surface area contributed by atoms with Gasteiger partial charge in [0.1, 0.15) is 0 Å². The number of thiophene rings is 1. The fraction of sp³-hybridized carbons (Fsp3) is 0.286. The van der Waals surface area contributed by atoms with Gasteiger partial charge in [0.05, 0.1) is 11.1 Å². The van der Waals surface area contributed by atoms with Crippen LogP contribution >= 0.6 is 22.9 Å². The molecule has 0 bridgehead atoms. The molecule has 1 heterocycles. The molecule has 3 N–H and O–H groups in total. The van der Waals surface area contributed by atoms with Crippen LogP contribution < -0.4 is 11.3 Å². The van der Waals surface area contributed by atoms with Crippen LogP contribution in [0.1, 0.15) is 29.3 Å². The summed E-state index contributed by atoms with van der Waals surface area (Å²) in [6, 6.07) is 12.6. The Hall–Kier alpha value is -0.870. The van der Waals surface area contributed by atoms with Gasteiger partial charge >= 0.3 is 0 Å². The minimum Gasteiger partial charge on any atom is -0.271 e. The average molecular weight is 281 g/mol. The van der Waals surface area contributed by atoms with E-state index in [1.807, 2.05) is 17.5 Å². The summed E-state index contributed by atoms with van der Waals surface area (Å²) in [5, 5.41) is 2.81. The normalized spacial score (nSPS) is 12.6. The number of nitrogens with two attached hydrogens (primary N) is 1. The summed E-state index contributed by atoms with van der Waals surface area (Å²) in [7, 11) is 0. The van der Waals surface area contributed by atoms with Crippen molar-refractivity contribution in [2.45, 2.75) is 25.3 Å². The summed E-state index contributed by atoms with van der Waals surface area (Å²) in [5.41, 5.74) is 4.22. The van der Waals surface area contributed by atoms with E-state index < -0.39 is 0 Å². The fourth-order valence-corrected chi connectivity index (χ4v) is 3.28. The van der Waals surface area contributed by atoms with Crippen LogP contribution in [0.15, 0.2) is 41.8 Å². The maximum Gasteiger partial charge on any atom is 0.0568 e. The summed E-state index contributed by atoms with van der Waals surface area (Å²) >= 11 is 7.78. The molecule has 1 aromatic heterocycles. The van der Waals surface area contributed by atoms with E-state index in [9.17, 15) is 0 Å². The molecule has 0 amide bonds. The molecular weight excluding hydrogens is 264 g/mol. The molecular formula is C14H17ClN2S. The number of nitrogens with one attached hydrogen (secondary N) is 1. The highest BCUT2D eigenvalue weighted by molar-refractivity contribution is 7.10. The molecule has 0 aliphatic carbocycles. The first-order valence-electron chi connectivity index (χ1n) is 6.04. The number of hydrogen-bond donors (Lipinski definition) is 2. The summed E-state index contributed by atoms with van der Waals surface area (Å²) in [6.07, 6.45) is 3.15. The molecule has 0 radical (unpaired) electrons. The van der Waals surface area contributed by atoms with E-state index in [2.05, 4.69) is 29.7 Å². The molecule has 1 atom stereocenters. The Morgan fingerprint density at radius 3 is 2.61 bits per heavy atom. The molecule has 1 aromatic carbocycles. The Morgan fingerprint density at radius 1 is 1.22 bits per heavy atom. The van der Waals surface area contributed by atoms with Crippen molar-refractivity contribution in [1.82, 2.24) is 5.43 Å². The first-order valence-corrected chi connectivity index (χ1v) is 7.30. The van der Waals surface area contributed by atoms with Crippen LogP contribution in [-0.2, 0) is 6.42 Å². The lowest BCUT2D eigenvalue weighted by molar-refractivity contribution is 0.506. The van der Waals surface area contributed by atoms with Gasteiger partial charge in [-0.05, 0) is 36.3 Å². The Kier molecular flexibility index (Phi) is 5.20. The second-order valence-corrected chi connectivity index (χ2v) is 5.58. The molecule has 0 saturated heterocycles. The van der Waals surface area contributed by atoms with Crippen LogP contribution in [-0.4, -0.2) is 0 Å². The van der Waals surface area contributed by atoms with Crippen molar-refractivity contribution in [3.63, 3.8) is 0 Å². The molecule has 0 fully saturated rings. The van der Waals surface area contributed by atoms with Gasteiger partial charge in [-0.25, -0.2) is 0 Å². The quantitative estimate of drug-likeness (QED) is 0.621. The number of halogens is 1. The summed E-state index contributed by atoms with van der Waals surface area (Å²) in [4.78, 5) is 1.13. The molecule has 2 rings (SSSR count). The largest absolute Gasteiger partial charge is 0.271 e. The third-order valence-electron chi connectivity index (χ3n) is 2.96. The van der Waals surface area contributed by atoms with Crippen LogP contribution in [0.2, 0.25) is 5.02 Å². The van der Waals surface area contributed by atoms with E-state index in [1.54, 1.807) is 11.3 Å². The van der Waals surface area contributed by atoms with Crippen molar-refractivity contribution in [2.75, 3.05) is 0 Å². The van der Waals surface area contributed by atoms with Crippen molar-refractivity contribution in [3.8, 4) is 0 Å². The van der Waals surface area contributed by atoms with Crippen molar-refractivity contribution in [3.05, 3.63) is 57.2 Å². The lowest BCUT2D eigenvalue weighted by atomic mass is 10.0. The summed E-state index contributed by atoms with van der Waals surface area (Å²) in [6.45, 7) is 0. The van der Waals surface area contributed by atoms with E-state index in [0.29, 0.717) is 0 Å². The second kappa shape index (κ2) is 6.90. The van der Waals surface area contributed by atoms with E-state index >= 15 is 0 Å². The second-order valence-electron chi connectivity index (χ2n) is 4.23. The standard InChI is InChI=1S/C14H17ClN2S/c15-12-9-10-18-14(12)13(17-16)8-4-7-11-5-2-1-3-6-11/h1-3,5-6,9-10,13,17H,4,7-8,16H2. The third kappa shape index (κ3) is 3.56. The minimum atomic E-state index is 0.154. The van der Waals surface area contributed by atoms with Gasteiger partial charge in [0.2, 0.25) is 0 Å². The van der Waals surface area contributed by atoms with Gasteiger partial charge in [-0.2, -0.15) is 0 Å². The fourth-order valence-electron chi connectivity index (χ4n) is 2.00. The number of hydrazine groups is 1. The molecule has 4 heteroatoms. The van der Waals surface area contributed by atoms with Crippen molar-refractivity contribution in [1.29, 1.82) is 0 Å². The van der Waals surface area contributed by atoms with Gasteiger partial charge in [-0.1, -0.05) is 41.9 Å². The number of rotatable bonds is 6. The topological polar surface area (TPSA) is 38.0 Å². The third-order valence-corrected chi connectivity index (χ3v) is 4.44. The van der Waals surface area contributed by atoms with Gasteiger partial charge in [0.15, 0.2) is 0 Å². The van der Waals surface area contributed by atoms with Gasteiger partial charge in [0.25, 0.3) is 0 Å². The molecule has 0 aliphatic heterocycles. The minimum absolute atomic E-state index is 0.154. The predicted molar refractivity (Wildman–Crippen MR) is 78.8 cm³/mol. The maximum absolute atomic E-state index is 6.12. The van der Waals surface area contributed by atoms with Crippen LogP contribution in [0.3, 0.4) is 0 Å². The highest BCUT2D eigenvalue weighted by atomic mass is 35.5. The molecule has 0 aliphatic rings. The van der Waals surface area contributed by atoms with Crippen molar-refractivity contribution < 1.29 is 0 Å². The Bertz CT molecular complexity index is 470. The summed E-state index contributed by atoms with van der Waals surface area (Å²) in [5.74, 6) is 5.61. The molecule has 0 saturated carbocycles. The van der Waals surface area contributed by atoms with Gasteiger partial charge in [-0.3, -0.25) is 11.3 Å². The van der Waals surface area contributed by atoms with E-state index in [4.69, 9.17) is 17.4 Å². The zero-order valence-electron chi connectivity index (χ0n) is 10.1. The number of benzene rings is 1. The molecule has 96 valence electrons.